The maximum atomic E-state index is 12.2. The number of carbonyl (C=O) groups is 1. The van der Waals surface area contributed by atoms with Gasteiger partial charge in [-0.2, -0.15) is 0 Å². The molecule has 5 nitrogen and oxygen atoms in total. The van der Waals surface area contributed by atoms with Gasteiger partial charge in [-0.25, -0.2) is 0 Å². The fraction of sp³-hybridized carbons (Fsp3) is 0.375. The van der Waals surface area contributed by atoms with Crippen LogP contribution in [0.15, 0.2) is 48.5 Å². The van der Waals surface area contributed by atoms with Gasteiger partial charge in [-0.3, -0.25) is 9.69 Å². The van der Waals surface area contributed by atoms with E-state index < -0.39 is 0 Å². The lowest BCUT2D eigenvalue weighted by Gasteiger charge is -2.26. The van der Waals surface area contributed by atoms with Crippen molar-refractivity contribution in [3.05, 3.63) is 59.7 Å². The number of carbonyl (C=O) groups excluding carboxylic acids is 1. The number of anilines is 1. The highest BCUT2D eigenvalue weighted by Gasteiger charge is 2.10. The zero-order valence-corrected chi connectivity index (χ0v) is 17.3. The Morgan fingerprint density at radius 2 is 1.83 bits per heavy atom. The van der Waals surface area contributed by atoms with Crippen molar-refractivity contribution in [1.82, 2.24) is 4.90 Å². The Morgan fingerprint density at radius 1 is 1.07 bits per heavy atom. The van der Waals surface area contributed by atoms with Crippen LogP contribution in [0, 0.1) is 0 Å². The van der Waals surface area contributed by atoms with Gasteiger partial charge in [-0.1, -0.05) is 24.6 Å². The molecule has 0 aromatic heterocycles. The SMILES string of the molecule is CCOc1ccc(/C=C/C(=O)Nc2ccc(CN3CCCCC3)cc2)cc1OC. The third kappa shape index (κ3) is 6.36. The summed E-state index contributed by atoms with van der Waals surface area (Å²) in [7, 11) is 1.60. The summed E-state index contributed by atoms with van der Waals surface area (Å²) in [4.78, 5) is 14.7. The van der Waals surface area contributed by atoms with Crippen molar-refractivity contribution in [2.24, 2.45) is 0 Å². The van der Waals surface area contributed by atoms with Crippen LogP contribution >= 0.6 is 0 Å². The topological polar surface area (TPSA) is 50.8 Å². The summed E-state index contributed by atoms with van der Waals surface area (Å²) in [5, 5.41) is 2.91. The van der Waals surface area contributed by atoms with E-state index in [4.69, 9.17) is 9.47 Å². The molecule has 0 unspecified atom stereocenters. The van der Waals surface area contributed by atoms with E-state index in [9.17, 15) is 4.79 Å². The Labute approximate surface area is 173 Å². The molecule has 1 N–H and O–H groups in total. The summed E-state index contributed by atoms with van der Waals surface area (Å²) in [6, 6.07) is 13.7. The van der Waals surface area contributed by atoms with E-state index in [1.807, 2.05) is 37.3 Å². The van der Waals surface area contributed by atoms with Gasteiger partial charge in [0.25, 0.3) is 0 Å². The lowest BCUT2D eigenvalue weighted by molar-refractivity contribution is -0.111. The highest BCUT2D eigenvalue weighted by atomic mass is 16.5. The Balaban J connectivity index is 1.54. The minimum absolute atomic E-state index is 0.165. The molecule has 154 valence electrons. The lowest BCUT2D eigenvalue weighted by Crippen LogP contribution is -2.29. The van der Waals surface area contributed by atoms with E-state index in [1.54, 1.807) is 13.2 Å². The van der Waals surface area contributed by atoms with Crippen molar-refractivity contribution in [3.8, 4) is 11.5 Å². The summed E-state index contributed by atoms with van der Waals surface area (Å²) < 4.78 is 10.9. The van der Waals surface area contributed by atoms with Gasteiger partial charge in [-0.15, -0.1) is 0 Å². The van der Waals surface area contributed by atoms with Crippen LogP contribution in [0.2, 0.25) is 0 Å². The predicted octanol–water partition coefficient (Wildman–Crippen LogP) is 4.73. The fourth-order valence-corrected chi connectivity index (χ4v) is 3.49. The van der Waals surface area contributed by atoms with E-state index in [0.717, 1.165) is 17.8 Å². The van der Waals surface area contributed by atoms with Crippen LogP contribution in [0.3, 0.4) is 0 Å². The number of amides is 1. The number of ether oxygens (including phenoxy) is 2. The van der Waals surface area contributed by atoms with Crippen LogP contribution in [0.4, 0.5) is 5.69 Å². The Bertz CT molecular complexity index is 825. The molecule has 0 bridgehead atoms. The van der Waals surface area contributed by atoms with Crippen molar-refractivity contribution < 1.29 is 14.3 Å². The van der Waals surface area contributed by atoms with Gasteiger partial charge >= 0.3 is 0 Å². The van der Waals surface area contributed by atoms with Crippen molar-refractivity contribution in [2.75, 3.05) is 32.1 Å². The van der Waals surface area contributed by atoms with E-state index >= 15 is 0 Å². The van der Waals surface area contributed by atoms with Gasteiger partial charge in [0.1, 0.15) is 0 Å². The molecule has 0 aliphatic carbocycles. The van der Waals surface area contributed by atoms with Gasteiger partial charge < -0.3 is 14.8 Å². The number of hydrogen-bond acceptors (Lipinski definition) is 4. The molecule has 1 aliphatic rings. The highest BCUT2D eigenvalue weighted by molar-refractivity contribution is 6.01. The molecule has 0 atom stereocenters. The van der Waals surface area contributed by atoms with E-state index in [1.165, 1.54) is 44.0 Å². The van der Waals surface area contributed by atoms with Crippen LogP contribution in [-0.4, -0.2) is 37.6 Å². The van der Waals surface area contributed by atoms with Gasteiger partial charge in [-0.05, 0) is 74.3 Å². The summed E-state index contributed by atoms with van der Waals surface area (Å²) in [5.41, 5.74) is 2.95. The van der Waals surface area contributed by atoms with Crippen LogP contribution in [0.5, 0.6) is 11.5 Å². The van der Waals surface area contributed by atoms with E-state index in [0.29, 0.717) is 18.1 Å². The van der Waals surface area contributed by atoms with Crippen LogP contribution in [-0.2, 0) is 11.3 Å². The summed E-state index contributed by atoms with van der Waals surface area (Å²) in [6.07, 6.45) is 7.22. The second-order valence-corrected chi connectivity index (χ2v) is 7.20. The zero-order chi connectivity index (χ0) is 20.5. The minimum atomic E-state index is -0.165. The summed E-state index contributed by atoms with van der Waals surface area (Å²) in [6.45, 7) is 5.84. The van der Waals surface area contributed by atoms with Crippen molar-refractivity contribution in [2.45, 2.75) is 32.7 Å². The number of methoxy groups -OCH3 is 1. The number of likely N-dealkylation sites (tertiary alicyclic amines) is 1. The minimum Gasteiger partial charge on any atom is -0.493 e. The monoisotopic (exact) mass is 394 g/mol. The first-order valence-corrected chi connectivity index (χ1v) is 10.3. The smallest absolute Gasteiger partial charge is 0.248 e. The van der Waals surface area contributed by atoms with Crippen molar-refractivity contribution in [1.29, 1.82) is 0 Å². The van der Waals surface area contributed by atoms with Crippen LogP contribution < -0.4 is 14.8 Å². The molecule has 0 radical (unpaired) electrons. The summed E-state index contributed by atoms with van der Waals surface area (Å²) >= 11 is 0. The molecule has 0 spiro atoms. The average molecular weight is 395 g/mol. The number of benzene rings is 2. The Kier molecular flexibility index (Phi) is 7.70. The third-order valence-corrected chi connectivity index (χ3v) is 4.99. The first kappa shape index (κ1) is 20.9. The van der Waals surface area contributed by atoms with E-state index in [2.05, 4.69) is 22.3 Å². The number of rotatable bonds is 8. The van der Waals surface area contributed by atoms with Crippen molar-refractivity contribution >= 4 is 17.7 Å². The first-order valence-electron chi connectivity index (χ1n) is 10.3. The number of piperidine rings is 1. The molecule has 29 heavy (non-hydrogen) atoms. The zero-order valence-electron chi connectivity index (χ0n) is 17.3. The van der Waals surface area contributed by atoms with Gasteiger partial charge in [0.15, 0.2) is 11.5 Å². The molecule has 2 aromatic rings. The summed E-state index contributed by atoms with van der Waals surface area (Å²) in [5.74, 6) is 1.18. The van der Waals surface area contributed by atoms with Gasteiger partial charge in [0.2, 0.25) is 5.91 Å². The molecule has 1 aliphatic heterocycles. The van der Waals surface area contributed by atoms with Gasteiger partial charge in [0.05, 0.1) is 13.7 Å². The molecule has 1 amide bonds. The molecule has 1 saturated heterocycles. The van der Waals surface area contributed by atoms with E-state index in [-0.39, 0.29) is 5.91 Å². The molecule has 1 fully saturated rings. The average Bonchev–Trinajstić information content (AvgIpc) is 2.75. The molecule has 3 rings (SSSR count). The molecule has 2 aromatic carbocycles. The standard InChI is InChI=1S/C24H30N2O3/c1-3-29-22-13-9-19(17-23(22)28-2)10-14-24(27)25-21-11-7-20(8-12-21)18-26-15-5-4-6-16-26/h7-14,17H,3-6,15-16,18H2,1-2H3,(H,25,27)/b14-10+. The maximum absolute atomic E-state index is 12.2. The largest absolute Gasteiger partial charge is 0.493 e. The second kappa shape index (κ2) is 10.7. The molecule has 0 saturated carbocycles. The molecular weight excluding hydrogens is 364 g/mol. The normalized spacial score (nSPS) is 14.7. The second-order valence-electron chi connectivity index (χ2n) is 7.20. The maximum Gasteiger partial charge on any atom is 0.248 e. The Morgan fingerprint density at radius 3 is 2.52 bits per heavy atom. The van der Waals surface area contributed by atoms with Crippen LogP contribution in [0.1, 0.15) is 37.3 Å². The number of hydrogen-bond donors (Lipinski definition) is 1. The Hall–Kier alpha value is -2.79. The van der Waals surface area contributed by atoms with Crippen molar-refractivity contribution in [3.63, 3.8) is 0 Å². The third-order valence-electron chi connectivity index (χ3n) is 4.99. The first-order chi connectivity index (χ1) is 14.2. The quantitative estimate of drug-likeness (QED) is 0.658. The molecule has 1 heterocycles. The molecule has 5 heteroatoms. The fourth-order valence-electron chi connectivity index (χ4n) is 3.49. The lowest BCUT2D eigenvalue weighted by atomic mass is 10.1. The number of nitrogens with zero attached hydrogens (tertiary/aromatic N) is 1. The number of nitrogens with one attached hydrogen (secondary N) is 1. The van der Waals surface area contributed by atoms with Gasteiger partial charge in [0, 0.05) is 18.3 Å². The highest BCUT2D eigenvalue weighted by Crippen LogP contribution is 2.28. The molecular formula is C24H30N2O3. The predicted molar refractivity (Wildman–Crippen MR) is 117 cm³/mol. The van der Waals surface area contributed by atoms with Crippen LogP contribution in [0.25, 0.3) is 6.08 Å².